The van der Waals surface area contributed by atoms with E-state index in [0.717, 1.165) is 17.7 Å². The van der Waals surface area contributed by atoms with Crippen molar-refractivity contribution in [2.45, 2.75) is 25.4 Å². The normalized spacial score (nSPS) is 22.3. The summed E-state index contributed by atoms with van der Waals surface area (Å²) in [5.41, 5.74) is 0.732. The van der Waals surface area contributed by atoms with Gasteiger partial charge in [0.25, 0.3) is 5.91 Å². The average molecular weight is 390 g/mol. The van der Waals surface area contributed by atoms with Crippen LogP contribution in [0.5, 0.6) is 0 Å². The van der Waals surface area contributed by atoms with E-state index in [2.05, 4.69) is 4.72 Å². The van der Waals surface area contributed by atoms with Crippen LogP contribution in [0.2, 0.25) is 0 Å². The number of fused-ring (bicyclic) bond motifs is 1. The highest BCUT2D eigenvalue weighted by Gasteiger charge is 2.46. The number of rotatable bonds is 4. The summed E-state index contributed by atoms with van der Waals surface area (Å²) >= 11 is 1.21. The maximum atomic E-state index is 14.0. The fourth-order valence-corrected chi connectivity index (χ4v) is 4.31. The lowest BCUT2D eigenvalue weighted by atomic mass is 10.1. The summed E-state index contributed by atoms with van der Waals surface area (Å²) in [6.07, 6.45) is 1.92. The minimum atomic E-state index is -0.717. The monoisotopic (exact) mass is 390 g/mol. The van der Waals surface area contributed by atoms with E-state index in [1.54, 1.807) is 22.4 Å². The summed E-state index contributed by atoms with van der Waals surface area (Å²) < 4.78 is 17.0. The van der Waals surface area contributed by atoms with Crippen LogP contribution in [0.3, 0.4) is 0 Å². The molecular weight excluding hydrogens is 371 g/mol. The van der Waals surface area contributed by atoms with Crippen molar-refractivity contribution in [3.63, 3.8) is 0 Å². The van der Waals surface area contributed by atoms with Crippen LogP contribution in [0.25, 0.3) is 0 Å². The van der Waals surface area contributed by atoms with Crippen molar-refractivity contribution >= 4 is 29.8 Å². The molecule has 9 heteroatoms. The molecule has 142 valence electrons. The largest absolute Gasteiger partial charge is 0.341 e. The lowest BCUT2D eigenvalue weighted by molar-refractivity contribution is -0.135. The van der Waals surface area contributed by atoms with Crippen LogP contribution in [-0.4, -0.2) is 58.2 Å². The third-order valence-corrected chi connectivity index (χ3v) is 5.72. The van der Waals surface area contributed by atoms with Gasteiger partial charge >= 0.3 is 6.03 Å². The first-order valence-electron chi connectivity index (χ1n) is 8.81. The van der Waals surface area contributed by atoms with Gasteiger partial charge in [-0.1, -0.05) is 30.1 Å². The second-order valence-electron chi connectivity index (χ2n) is 6.68. The number of hydrogen-bond acceptors (Lipinski definition) is 5. The van der Waals surface area contributed by atoms with Gasteiger partial charge < -0.3 is 4.90 Å². The van der Waals surface area contributed by atoms with Crippen LogP contribution in [0.4, 0.5) is 9.18 Å². The molecule has 1 unspecified atom stereocenters. The van der Waals surface area contributed by atoms with Gasteiger partial charge in [0.05, 0.1) is 12.2 Å². The first-order valence-corrected chi connectivity index (χ1v) is 9.69. The summed E-state index contributed by atoms with van der Waals surface area (Å²) in [4.78, 5) is 42.4. The number of likely N-dealkylation sites (tertiary alicyclic amines) is 1. The van der Waals surface area contributed by atoms with Crippen LogP contribution in [0.1, 0.15) is 18.4 Å². The van der Waals surface area contributed by atoms with Crippen molar-refractivity contribution < 1.29 is 18.8 Å². The molecule has 1 aromatic rings. The first-order chi connectivity index (χ1) is 13.1. The van der Waals surface area contributed by atoms with E-state index in [4.69, 9.17) is 0 Å². The van der Waals surface area contributed by atoms with E-state index in [9.17, 15) is 18.8 Å². The number of nitrogens with zero attached hydrogens (tertiary/aromatic N) is 3. The van der Waals surface area contributed by atoms with E-state index < -0.39 is 23.8 Å². The molecule has 0 aromatic heterocycles. The highest BCUT2D eigenvalue weighted by atomic mass is 32.2. The minimum absolute atomic E-state index is 0.121. The number of carbonyl (C=O) groups is 3. The van der Waals surface area contributed by atoms with E-state index in [1.807, 2.05) is 0 Å². The number of benzene rings is 1. The van der Waals surface area contributed by atoms with Gasteiger partial charge in [0.1, 0.15) is 18.4 Å². The second-order valence-corrected chi connectivity index (χ2v) is 7.39. The van der Waals surface area contributed by atoms with Crippen LogP contribution in [0, 0.1) is 5.82 Å². The molecule has 0 spiro atoms. The molecule has 7 nitrogen and oxygen atoms in total. The zero-order chi connectivity index (χ0) is 19.0. The van der Waals surface area contributed by atoms with Gasteiger partial charge in [-0.3, -0.25) is 19.4 Å². The molecule has 0 bridgehead atoms. The van der Waals surface area contributed by atoms with E-state index in [0.29, 0.717) is 18.8 Å². The molecule has 27 heavy (non-hydrogen) atoms. The third-order valence-electron chi connectivity index (χ3n) is 4.99. The van der Waals surface area contributed by atoms with Gasteiger partial charge in [0.2, 0.25) is 5.91 Å². The molecule has 4 amide bonds. The average Bonchev–Trinajstić information content (AvgIpc) is 3.35. The lowest BCUT2D eigenvalue weighted by Crippen LogP contribution is -2.60. The molecule has 3 aliphatic heterocycles. The number of amides is 4. The molecule has 1 aromatic carbocycles. The highest BCUT2D eigenvalue weighted by molar-refractivity contribution is 8.00. The van der Waals surface area contributed by atoms with E-state index >= 15 is 0 Å². The molecule has 3 aliphatic rings. The second kappa shape index (κ2) is 7.32. The molecule has 0 aliphatic carbocycles. The fourth-order valence-electron chi connectivity index (χ4n) is 3.50. The van der Waals surface area contributed by atoms with E-state index in [-0.39, 0.29) is 24.6 Å². The van der Waals surface area contributed by atoms with Crippen molar-refractivity contribution in [1.82, 2.24) is 19.4 Å². The number of imide groups is 1. The van der Waals surface area contributed by atoms with Gasteiger partial charge in [-0.25, -0.2) is 13.9 Å². The van der Waals surface area contributed by atoms with Crippen LogP contribution in [0.15, 0.2) is 35.4 Å². The Bertz CT molecular complexity index is 825. The number of nitrogens with one attached hydrogen (secondary N) is 1. The topological polar surface area (TPSA) is 73.0 Å². The Hall–Kier alpha value is -2.39. The zero-order valence-corrected chi connectivity index (χ0v) is 15.4. The summed E-state index contributed by atoms with van der Waals surface area (Å²) in [5.74, 6) is -1.06. The predicted molar refractivity (Wildman–Crippen MR) is 97.5 cm³/mol. The third kappa shape index (κ3) is 3.32. The van der Waals surface area contributed by atoms with Gasteiger partial charge in [0.15, 0.2) is 0 Å². The highest BCUT2D eigenvalue weighted by Crippen LogP contribution is 2.30. The minimum Gasteiger partial charge on any atom is -0.341 e. The maximum Gasteiger partial charge on any atom is 0.331 e. The molecule has 2 saturated heterocycles. The van der Waals surface area contributed by atoms with Gasteiger partial charge in [-0.15, -0.1) is 0 Å². The van der Waals surface area contributed by atoms with Gasteiger partial charge in [-0.2, -0.15) is 0 Å². The Morgan fingerprint density at radius 2 is 1.93 bits per heavy atom. The SMILES string of the molecule is O=C(CN1C(=O)N(Cc2ccccc2F)C(=O)C2NSC=C21)N1CCCC1. The summed E-state index contributed by atoms with van der Waals surface area (Å²) in [6.45, 7) is 1.09. The van der Waals surface area contributed by atoms with E-state index in [1.165, 1.54) is 29.0 Å². The quantitative estimate of drug-likeness (QED) is 0.792. The standard InChI is InChI=1S/C18H19FN4O3S/c19-13-6-2-1-5-12(13)9-23-17(25)16-14(11-27-20-16)22(18(23)26)10-15(24)21-7-3-4-8-21/h1-2,5-6,11,16,20H,3-4,7-10H2. The summed E-state index contributed by atoms with van der Waals surface area (Å²) in [6, 6.07) is 4.72. The van der Waals surface area contributed by atoms with Crippen molar-refractivity contribution in [2.24, 2.45) is 0 Å². The Morgan fingerprint density at radius 1 is 1.19 bits per heavy atom. The summed E-state index contributed by atoms with van der Waals surface area (Å²) in [7, 11) is 0. The maximum absolute atomic E-state index is 14.0. The predicted octanol–water partition coefficient (Wildman–Crippen LogP) is 1.67. The number of carbonyl (C=O) groups excluding carboxylic acids is 3. The van der Waals surface area contributed by atoms with Crippen LogP contribution in [-0.2, 0) is 16.1 Å². The van der Waals surface area contributed by atoms with Crippen molar-refractivity contribution in [3.05, 3.63) is 46.8 Å². The Balaban J connectivity index is 1.58. The Kier molecular flexibility index (Phi) is 4.88. The lowest BCUT2D eigenvalue weighted by Gasteiger charge is -2.38. The molecule has 1 N–H and O–H groups in total. The molecule has 2 fully saturated rings. The molecule has 4 rings (SSSR count). The fraction of sp³-hybridized carbons (Fsp3) is 0.389. The Labute approximate surface area is 160 Å². The van der Waals surface area contributed by atoms with Gasteiger partial charge in [0, 0.05) is 24.1 Å². The smallest absolute Gasteiger partial charge is 0.331 e. The van der Waals surface area contributed by atoms with Crippen molar-refractivity contribution in [2.75, 3.05) is 19.6 Å². The first kappa shape index (κ1) is 18.0. The van der Waals surface area contributed by atoms with Crippen LogP contribution < -0.4 is 4.72 Å². The number of urea groups is 1. The molecule has 0 saturated carbocycles. The summed E-state index contributed by atoms with van der Waals surface area (Å²) in [5, 5.41) is 1.68. The van der Waals surface area contributed by atoms with Crippen molar-refractivity contribution in [3.8, 4) is 0 Å². The molecule has 0 radical (unpaired) electrons. The Morgan fingerprint density at radius 3 is 2.67 bits per heavy atom. The zero-order valence-electron chi connectivity index (χ0n) is 14.6. The van der Waals surface area contributed by atoms with Crippen molar-refractivity contribution in [1.29, 1.82) is 0 Å². The number of hydrogen-bond donors (Lipinski definition) is 1. The molecule has 1 atom stereocenters. The van der Waals surface area contributed by atoms with Gasteiger partial charge in [-0.05, 0) is 18.9 Å². The molecule has 3 heterocycles. The molecular formula is C18H19FN4O3S. The number of halogens is 1. The van der Waals surface area contributed by atoms with Crippen LogP contribution >= 0.6 is 11.9 Å².